The number of carboxylic acid groups (broad SMARTS) is 1. The molecule has 0 spiro atoms. The Morgan fingerprint density at radius 3 is 2.38 bits per heavy atom. The van der Waals surface area contributed by atoms with Gasteiger partial charge in [0.05, 0.1) is 0 Å². The molecule has 1 aromatic carbocycles. The van der Waals surface area contributed by atoms with Gasteiger partial charge in [0.1, 0.15) is 11.4 Å². The topological polar surface area (TPSA) is 83.6 Å². The lowest BCUT2D eigenvalue weighted by Crippen LogP contribution is -2.08. The molecule has 0 aliphatic heterocycles. The van der Waals surface area contributed by atoms with Gasteiger partial charge in [0.25, 0.3) is 0 Å². The van der Waals surface area contributed by atoms with Gasteiger partial charge >= 0.3 is 5.97 Å². The highest BCUT2D eigenvalue weighted by molar-refractivity contribution is 5.87. The Morgan fingerprint density at radius 2 is 1.81 bits per heavy atom. The summed E-state index contributed by atoms with van der Waals surface area (Å²) in [4.78, 5) is 10.9. The first-order valence-electron chi connectivity index (χ1n) is 7.05. The summed E-state index contributed by atoms with van der Waals surface area (Å²) in [6.07, 6.45) is 4.24. The number of hydrogen-bond donors (Lipinski definition) is 2. The minimum Gasteiger partial charge on any atom is -0.507 e. The van der Waals surface area contributed by atoms with Crippen molar-refractivity contribution >= 4 is 5.97 Å². The Balaban J connectivity index is 2.22. The van der Waals surface area contributed by atoms with Crippen molar-refractivity contribution < 1.29 is 19.5 Å². The number of aromatic nitrogens is 1. The average Bonchev–Trinajstić information content (AvgIpc) is 2.95. The Kier molecular flexibility index (Phi) is 3.20. The number of aromatic carboxylic acids is 1. The lowest BCUT2D eigenvalue weighted by atomic mass is 9.82. The van der Waals surface area contributed by atoms with Crippen LogP contribution in [0, 0.1) is 13.8 Å². The third-order valence-corrected chi connectivity index (χ3v) is 4.32. The molecule has 3 rings (SSSR count). The second-order valence-corrected chi connectivity index (χ2v) is 5.52. The molecule has 1 aromatic heterocycles. The van der Waals surface area contributed by atoms with Gasteiger partial charge in [-0.15, -0.1) is 0 Å². The summed E-state index contributed by atoms with van der Waals surface area (Å²) < 4.78 is 4.81. The van der Waals surface area contributed by atoms with Crippen molar-refractivity contribution in [2.45, 2.75) is 39.5 Å². The lowest BCUT2D eigenvalue weighted by molar-refractivity contribution is 0.0652. The molecule has 21 heavy (non-hydrogen) atoms. The lowest BCUT2D eigenvalue weighted by Gasteiger charge is -2.23. The van der Waals surface area contributed by atoms with E-state index in [1.165, 1.54) is 17.2 Å². The van der Waals surface area contributed by atoms with Gasteiger partial charge in [0.15, 0.2) is 0 Å². The van der Waals surface area contributed by atoms with Crippen molar-refractivity contribution in [2.75, 3.05) is 0 Å². The van der Waals surface area contributed by atoms with Crippen LogP contribution in [0.4, 0.5) is 0 Å². The maximum absolute atomic E-state index is 10.9. The summed E-state index contributed by atoms with van der Waals surface area (Å²) in [5, 5.41) is 23.2. The maximum Gasteiger partial charge on any atom is 0.374 e. The SMILES string of the molecule is Cc1c(O)c(-c2cc(C(=O)O)on2)c(C)c2c1CCCC2. The molecule has 110 valence electrons. The molecule has 1 aliphatic carbocycles. The first-order valence-corrected chi connectivity index (χ1v) is 7.05. The Labute approximate surface area is 122 Å². The number of rotatable bonds is 2. The number of phenols is 1. The van der Waals surface area contributed by atoms with Gasteiger partial charge in [0.2, 0.25) is 5.76 Å². The number of carbonyl (C=O) groups is 1. The fourth-order valence-electron chi connectivity index (χ4n) is 3.20. The summed E-state index contributed by atoms with van der Waals surface area (Å²) in [7, 11) is 0. The molecule has 0 atom stereocenters. The van der Waals surface area contributed by atoms with E-state index in [4.69, 9.17) is 9.63 Å². The van der Waals surface area contributed by atoms with Crippen LogP contribution in [0.1, 0.15) is 45.7 Å². The van der Waals surface area contributed by atoms with Crippen molar-refractivity contribution in [1.29, 1.82) is 0 Å². The summed E-state index contributed by atoms with van der Waals surface area (Å²) in [5.74, 6) is -1.21. The quantitative estimate of drug-likeness (QED) is 0.885. The van der Waals surface area contributed by atoms with Crippen LogP contribution < -0.4 is 0 Å². The van der Waals surface area contributed by atoms with E-state index in [1.807, 2.05) is 13.8 Å². The van der Waals surface area contributed by atoms with Crippen molar-refractivity contribution in [3.63, 3.8) is 0 Å². The van der Waals surface area contributed by atoms with E-state index in [9.17, 15) is 9.90 Å². The summed E-state index contributed by atoms with van der Waals surface area (Å²) >= 11 is 0. The molecule has 2 aromatic rings. The van der Waals surface area contributed by atoms with Crippen LogP contribution in [0.25, 0.3) is 11.3 Å². The molecule has 0 saturated heterocycles. The van der Waals surface area contributed by atoms with Crippen LogP contribution >= 0.6 is 0 Å². The molecule has 5 nitrogen and oxygen atoms in total. The number of phenolic OH excluding ortho intramolecular Hbond substituents is 1. The second-order valence-electron chi connectivity index (χ2n) is 5.52. The van der Waals surface area contributed by atoms with E-state index in [0.29, 0.717) is 11.3 Å². The van der Waals surface area contributed by atoms with Crippen molar-refractivity contribution in [2.24, 2.45) is 0 Å². The minimum atomic E-state index is -1.17. The van der Waals surface area contributed by atoms with E-state index < -0.39 is 5.97 Å². The fraction of sp³-hybridized carbons (Fsp3) is 0.375. The number of nitrogens with zero attached hydrogens (tertiary/aromatic N) is 1. The van der Waals surface area contributed by atoms with Gasteiger partial charge in [-0.3, -0.25) is 0 Å². The van der Waals surface area contributed by atoms with Crippen molar-refractivity contribution in [3.05, 3.63) is 34.1 Å². The van der Waals surface area contributed by atoms with Crippen LogP contribution in [0.2, 0.25) is 0 Å². The van der Waals surface area contributed by atoms with Crippen LogP contribution in [0.5, 0.6) is 5.75 Å². The Bertz CT molecular complexity index is 730. The van der Waals surface area contributed by atoms with Gasteiger partial charge in [0, 0.05) is 11.6 Å². The van der Waals surface area contributed by atoms with Gasteiger partial charge in [-0.2, -0.15) is 0 Å². The zero-order chi connectivity index (χ0) is 15.1. The fourth-order valence-corrected chi connectivity index (χ4v) is 3.20. The smallest absolute Gasteiger partial charge is 0.374 e. The number of hydrogen-bond acceptors (Lipinski definition) is 4. The maximum atomic E-state index is 10.9. The number of aromatic hydroxyl groups is 1. The van der Waals surface area contributed by atoms with E-state index in [0.717, 1.165) is 36.8 Å². The third kappa shape index (κ3) is 2.09. The summed E-state index contributed by atoms with van der Waals surface area (Å²) in [6, 6.07) is 1.36. The Hall–Kier alpha value is -2.30. The first-order chi connectivity index (χ1) is 10.0. The molecule has 5 heteroatoms. The highest BCUT2D eigenvalue weighted by atomic mass is 16.5. The molecule has 1 heterocycles. The second kappa shape index (κ2) is 4.91. The standard InChI is InChI=1S/C16H17NO4/c1-8-10-5-3-4-6-11(10)9(2)15(18)14(8)12-7-13(16(19)20)21-17-12/h7,18H,3-6H2,1-2H3,(H,19,20). The first kappa shape index (κ1) is 13.7. The van der Waals surface area contributed by atoms with Gasteiger partial charge in [-0.25, -0.2) is 4.79 Å². The molecule has 0 amide bonds. The number of fused-ring (bicyclic) bond motifs is 1. The monoisotopic (exact) mass is 287 g/mol. The average molecular weight is 287 g/mol. The van der Waals surface area contributed by atoms with Crippen molar-refractivity contribution in [3.8, 4) is 17.0 Å². The molecule has 2 N–H and O–H groups in total. The molecule has 0 bridgehead atoms. The Morgan fingerprint density at radius 1 is 1.19 bits per heavy atom. The summed E-state index contributed by atoms with van der Waals surface area (Å²) in [5.41, 5.74) is 5.28. The predicted octanol–water partition coefficient (Wildman–Crippen LogP) is 3.24. The largest absolute Gasteiger partial charge is 0.507 e. The molecule has 0 saturated carbocycles. The summed E-state index contributed by atoms with van der Waals surface area (Å²) in [6.45, 7) is 3.86. The molecule has 0 fully saturated rings. The zero-order valence-corrected chi connectivity index (χ0v) is 12.1. The van der Waals surface area contributed by atoms with Crippen LogP contribution in [0.15, 0.2) is 10.6 Å². The molecular weight excluding hydrogens is 270 g/mol. The van der Waals surface area contributed by atoms with E-state index in [-0.39, 0.29) is 11.5 Å². The highest BCUT2D eigenvalue weighted by Gasteiger charge is 2.24. The van der Waals surface area contributed by atoms with Gasteiger partial charge in [-0.05, 0) is 61.8 Å². The van der Waals surface area contributed by atoms with Gasteiger partial charge in [-0.1, -0.05) is 5.16 Å². The van der Waals surface area contributed by atoms with E-state index in [2.05, 4.69) is 5.16 Å². The molecule has 1 aliphatic rings. The number of benzene rings is 1. The van der Waals surface area contributed by atoms with Crippen molar-refractivity contribution in [1.82, 2.24) is 5.16 Å². The van der Waals surface area contributed by atoms with Crippen LogP contribution in [0.3, 0.4) is 0 Å². The zero-order valence-electron chi connectivity index (χ0n) is 12.1. The van der Waals surface area contributed by atoms with E-state index >= 15 is 0 Å². The van der Waals surface area contributed by atoms with Crippen LogP contribution in [-0.4, -0.2) is 21.3 Å². The predicted molar refractivity (Wildman–Crippen MR) is 76.7 cm³/mol. The molecule has 0 radical (unpaired) electrons. The highest BCUT2D eigenvalue weighted by Crippen LogP contribution is 2.41. The van der Waals surface area contributed by atoms with Crippen LogP contribution in [-0.2, 0) is 12.8 Å². The third-order valence-electron chi connectivity index (χ3n) is 4.32. The molecular formula is C16H17NO4. The molecule has 0 unspecified atom stereocenters. The number of carboxylic acids is 1. The van der Waals surface area contributed by atoms with Gasteiger partial charge < -0.3 is 14.7 Å². The minimum absolute atomic E-state index is 0.179. The van der Waals surface area contributed by atoms with E-state index in [1.54, 1.807) is 0 Å². The normalized spacial score (nSPS) is 14.0.